The molecule has 0 radical (unpaired) electrons. The van der Waals surface area contributed by atoms with Crippen LogP contribution >= 0.6 is 0 Å². The molecular formula is C17H27F3N2O3. The Morgan fingerprint density at radius 2 is 1.68 bits per heavy atom. The summed E-state index contributed by atoms with van der Waals surface area (Å²) in [5.74, 6) is -1.74. The van der Waals surface area contributed by atoms with E-state index in [0.29, 0.717) is 38.8 Å². The molecule has 0 atom stereocenters. The van der Waals surface area contributed by atoms with Crippen molar-refractivity contribution >= 4 is 12.0 Å². The third kappa shape index (κ3) is 5.51. The second-order valence-corrected chi connectivity index (χ2v) is 8.44. The second-order valence-electron chi connectivity index (χ2n) is 8.44. The number of nitrogens with zero attached hydrogens (tertiary/aromatic N) is 2. The molecule has 5 nitrogen and oxygen atoms in total. The average Bonchev–Trinajstić information content (AvgIpc) is 3.26. The van der Waals surface area contributed by atoms with Crippen LogP contribution in [0.5, 0.6) is 0 Å². The van der Waals surface area contributed by atoms with Crippen molar-refractivity contribution in [2.45, 2.75) is 71.2 Å². The number of ether oxygens (including phenoxy) is 1. The Morgan fingerprint density at radius 3 is 2.08 bits per heavy atom. The van der Waals surface area contributed by atoms with Crippen molar-refractivity contribution in [1.82, 2.24) is 9.80 Å². The highest BCUT2D eigenvalue weighted by Gasteiger charge is 2.49. The number of halogens is 3. The first kappa shape index (κ1) is 19.8. The third-order valence-corrected chi connectivity index (χ3v) is 4.67. The van der Waals surface area contributed by atoms with Crippen molar-refractivity contribution < 1.29 is 27.5 Å². The van der Waals surface area contributed by atoms with Crippen LogP contribution in [0, 0.1) is 5.41 Å². The van der Waals surface area contributed by atoms with E-state index in [-0.39, 0.29) is 12.6 Å². The first-order chi connectivity index (χ1) is 11.3. The topological polar surface area (TPSA) is 49.9 Å². The van der Waals surface area contributed by atoms with Gasteiger partial charge in [0.05, 0.1) is 0 Å². The molecule has 2 fully saturated rings. The van der Waals surface area contributed by atoms with Gasteiger partial charge in [-0.25, -0.2) is 4.79 Å². The van der Waals surface area contributed by atoms with E-state index >= 15 is 0 Å². The lowest BCUT2D eigenvalue weighted by Gasteiger charge is -2.42. The molecule has 2 amide bonds. The number of amides is 2. The molecule has 0 aromatic heterocycles. The van der Waals surface area contributed by atoms with Gasteiger partial charge in [-0.15, -0.1) is 0 Å². The predicted octanol–water partition coefficient (Wildman–Crippen LogP) is 3.58. The van der Waals surface area contributed by atoms with Crippen molar-refractivity contribution in [1.29, 1.82) is 0 Å². The lowest BCUT2D eigenvalue weighted by Crippen LogP contribution is -2.51. The fraction of sp³-hybridized carbons (Fsp3) is 0.882. The quantitative estimate of drug-likeness (QED) is 0.769. The molecular weight excluding hydrogens is 337 g/mol. The summed E-state index contributed by atoms with van der Waals surface area (Å²) in [4.78, 5) is 26.4. The average molecular weight is 364 g/mol. The normalized spacial score (nSPS) is 21.0. The molecule has 2 rings (SSSR count). The van der Waals surface area contributed by atoms with Crippen LogP contribution in [-0.2, 0) is 9.53 Å². The van der Waals surface area contributed by atoms with E-state index < -0.39 is 29.2 Å². The van der Waals surface area contributed by atoms with Gasteiger partial charge < -0.3 is 14.5 Å². The maximum atomic E-state index is 12.8. The highest BCUT2D eigenvalue weighted by molar-refractivity contribution is 5.82. The monoisotopic (exact) mass is 364 g/mol. The number of alkyl halides is 3. The lowest BCUT2D eigenvalue weighted by atomic mass is 9.80. The number of likely N-dealkylation sites (tertiary alicyclic amines) is 1. The first-order valence-electron chi connectivity index (χ1n) is 8.66. The highest BCUT2D eigenvalue weighted by Crippen LogP contribution is 2.38. The van der Waals surface area contributed by atoms with Crippen molar-refractivity contribution in [3.8, 4) is 0 Å². The Kier molecular flexibility index (Phi) is 5.31. The predicted molar refractivity (Wildman–Crippen MR) is 85.9 cm³/mol. The van der Waals surface area contributed by atoms with Crippen molar-refractivity contribution in [3.63, 3.8) is 0 Å². The van der Waals surface area contributed by atoms with Crippen LogP contribution in [0.2, 0.25) is 0 Å². The van der Waals surface area contributed by atoms with Gasteiger partial charge in [-0.05, 0) is 51.9 Å². The molecule has 0 spiro atoms. The molecule has 1 aliphatic carbocycles. The Hall–Kier alpha value is -1.47. The summed E-state index contributed by atoms with van der Waals surface area (Å²) in [5.41, 5.74) is -1.01. The highest BCUT2D eigenvalue weighted by atomic mass is 19.4. The van der Waals surface area contributed by atoms with Crippen molar-refractivity contribution in [2.24, 2.45) is 5.41 Å². The Morgan fingerprint density at radius 1 is 1.16 bits per heavy atom. The smallest absolute Gasteiger partial charge is 0.444 e. The molecule has 144 valence electrons. The Labute approximate surface area is 146 Å². The summed E-state index contributed by atoms with van der Waals surface area (Å²) in [5, 5.41) is 0. The van der Waals surface area contributed by atoms with Gasteiger partial charge in [0.25, 0.3) is 0 Å². The SMILES string of the molecule is CC1(CN(C(=O)C(F)(F)F)C2CC2)CCN(C(=O)OC(C)(C)C)CC1. The number of carbonyl (C=O) groups is 2. The largest absolute Gasteiger partial charge is 0.471 e. The van der Waals surface area contributed by atoms with E-state index in [2.05, 4.69) is 0 Å². The van der Waals surface area contributed by atoms with E-state index in [9.17, 15) is 22.8 Å². The lowest BCUT2D eigenvalue weighted by molar-refractivity contribution is -0.187. The molecule has 2 aliphatic rings. The van der Waals surface area contributed by atoms with Crippen LogP contribution in [0.4, 0.5) is 18.0 Å². The summed E-state index contributed by atoms with van der Waals surface area (Å²) in [7, 11) is 0. The summed E-state index contributed by atoms with van der Waals surface area (Å²) in [6, 6.07) is -0.296. The zero-order chi connectivity index (χ0) is 19.0. The Balaban J connectivity index is 1.95. The standard InChI is InChI=1S/C17H27F3N2O3/c1-15(2,3)25-14(24)21-9-7-16(4,8-10-21)11-22(12-5-6-12)13(23)17(18,19)20/h12H,5-11H2,1-4H3. The molecule has 0 aromatic carbocycles. The molecule has 0 N–H and O–H groups in total. The summed E-state index contributed by atoms with van der Waals surface area (Å²) in [6.45, 7) is 8.17. The first-order valence-corrected chi connectivity index (χ1v) is 8.66. The minimum atomic E-state index is -4.84. The Bertz CT molecular complexity index is 516. The molecule has 25 heavy (non-hydrogen) atoms. The summed E-state index contributed by atoms with van der Waals surface area (Å²) >= 11 is 0. The second kappa shape index (κ2) is 6.68. The number of hydrogen-bond donors (Lipinski definition) is 0. The molecule has 1 heterocycles. The van der Waals surface area contributed by atoms with Gasteiger partial charge in [-0.2, -0.15) is 13.2 Å². The van der Waals surface area contributed by atoms with E-state index in [1.165, 1.54) is 0 Å². The number of hydrogen-bond acceptors (Lipinski definition) is 3. The molecule has 1 saturated carbocycles. The molecule has 0 bridgehead atoms. The minimum absolute atomic E-state index is 0.0815. The van der Waals surface area contributed by atoms with E-state index in [0.717, 1.165) is 4.90 Å². The van der Waals surface area contributed by atoms with Crippen LogP contribution in [0.1, 0.15) is 53.4 Å². The molecule has 1 aliphatic heterocycles. The summed E-state index contributed by atoms with van der Waals surface area (Å²) < 4.78 is 43.8. The van der Waals surface area contributed by atoms with Crippen molar-refractivity contribution in [3.05, 3.63) is 0 Å². The van der Waals surface area contributed by atoms with Gasteiger partial charge in [-0.3, -0.25) is 4.79 Å². The maximum absolute atomic E-state index is 12.8. The molecule has 0 aromatic rings. The van der Waals surface area contributed by atoms with E-state index in [1.807, 2.05) is 6.92 Å². The minimum Gasteiger partial charge on any atom is -0.444 e. The zero-order valence-electron chi connectivity index (χ0n) is 15.3. The zero-order valence-corrected chi connectivity index (χ0v) is 15.3. The van der Waals surface area contributed by atoms with Crippen LogP contribution in [0.15, 0.2) is 0 Å². The van der Waals surface area contributed by atoms with Crippen LogP contribution in [-0.4, -0.2) is 59.3 Å². The van der Waals surface area contributed by atoms with E-state index in [4.69, 9.17) is 4.74 Å². The van der Waals surface area contributed by atoms with Crippen LogP contribution in [0.25, 0.3) is 0 Å². The summed E-state index contributed by atoms with van der Waals surface area (Å²) in [6.07, 6.45) is -2.90. The molecule has 8 heteroatoms. The number of carbonyl (C=O) groups excluding carboxylic acids is 2. The fourth-order valence-corrected chi connectivity index (χ4v) is 3.04. The van der Waals surface area contributed by atoms with Gasteiger partial charge in [-0.1, -0.05) is 6.92 Å². The maximum Gasteiger partial charge on any atom is 0.471 e. The van der Waals surface area contributed by atoms with Gasteiger partial charge >= 0.3 is 18.2 Å². The van der Waals surface area contributed by atoms with Gasteiger partial charge in [0.2, 0.25) is 0 Å². The van der Waals surface area contributed by atoms with Gasteiger partial charge in [0.15, 0.2) is 0 Å². The number of piperidine rings is 1. The van der Waals surface area contributed by atoms with Gasteiger partial charge in [0, 0.05) is 25.7 Å². The molecule has 1 saturated heterocycles. The third-order valence-electron chi connectivity index (χ3n) is 4.67. The van der Waals surface area contributed by atoms with E-state index in [1.54, 1.807) is 25.7 Å². The van der Waals surface area contributed by atoms with Crippen LogP contribution in [0.3, 0.4) is 0 Å². The fourth-order valence-electron chi connectivity index (χ4n) is 3.04. The molecule has 0 unspecified atom stereocenters. The van der Waals surface area contributed by atoms with Crippen LogP contribution < -0.4 is 0 Å². The van der Waals surface area contributed by atoms with Gasteiger partial charge in [0.1, 0.15) is 5.60 Å². The number of rotatable bonds is 3. The van der Waals surface area contributed by atoms with Crippen molar-refractivity contribution in [2.75, 3.05) is 19.6 Å².